The number of ether oxygens (including phenoxy) is 1. The molecule has 1 fully saturated rings. The van der Waals surface area contributed by atoms with Crippen molar-refractivity contribution in [2.75, 3.05) is 24.3 Å². The van der Waals surface area contributed by atoms with Gasteiger partial charge in [-0.3, -0.25) is 14.6 Å². The molecule has 2 aliphatic rings. The molecule has 1 aromatic carbocycles. The zero-order valence-electron chi connectivity index (χ0n) is 21.0. The Morgan fingerprint density at radius 3 is 2.70 bits per heavy atom. The fraction of sp³-hybridized carbons (Fsp3) is 0.296. The van der Waals surface area contributed by atoms with Crippen LogP contribution < -0.4 is 20.7 Å². The van der Waals surface area contributed by atoms with Crippen LogP contribution in [0.1, 0.15) is 59.1 Å². The Hall–Kier alpha value is -4.31. The molecule has 2 amide bonds. The molecule has 1 saturated carbocycles. The van der Waals surface area contributed by atoms with E-state index in [1.54, 1.807) is 56.7 Å². The van der Waals surface area contributed by atoms with Crippen LogP contribution in [0.2, 0.25) is 0 Å². The Bertz CT molecular complexity index is 1300. The van der Waals surface area contributed by atoms with Crippen LogP contribution in [0.4, 0.5) is 11.5 Å². The molecule has 0 bridgehead atoms. The van der Waals surface area contributed by atoms with E-state index < -0.39 is 17.4 Å². The molecule has 1 aliphatic carbocycles. The molecule has 4 N–H and O–H groups in total. The first-order valence-electron chi connectivity index (χ1n) is 12.0. The zero-order chi connectivity index (χ0) is 26.4. The van der Waals surface area contributed by atoms with Crippen LogP contribution >= 0.6 is 0 Å². The molecule has 10 heteroatoms. The average Bonchev–Trinajstić information content (AvgIpc) is 3.69. The van der Waals surface area contributed by atoms with Gasteiger partial charge in [0.1, 0.15) is 12.4 Å². The minimum absolute atomic E-state index is 0.0363. The molecule has 0 radical (unpaired) electrons. The molecule has 0 atom stereocenters. The summed E-state index contributed by atoms with van der Waals surface area (Å²) in [4.78, 5) is 39.4. The van der Waals surface area contributed by atoms with Crippen LogP contribution in [0.5, 0.6) is 5.75 Å². The Morgan fingerprint density at radius 2 is 1.97 bits per heavy atom. The molecule has 10 nitrogen and oxygen atoms in total. The van der Waals surface area contributed by atoms with Gasteiger partial charge >= 0.3 is 0 Å². The second-order valence-corrected chi connectivity index (χ2v) is 9.36. The molecule has 192 valence electrons. The van der Waals surface area contributed by atoms with Crippen LogP contribution in [0.25, 0.3) is 0 Å². The minimum Gasteiger partial charge on any atom is -0.491 e. The number of rotatable bonds is 9. The van der Waals surface area contributed by atoms with Gasteiger partial charge in [-0.15, -0.1) is 0 Å². The lowest BCUT2D eigenvalue weighted by Gasteiger charge is -2.19. The minimum atomic E-state index is -1.04. The van der Waals surface area contributed by atoms with Crippen LogP contribution in [0.15, 0.2) is 65.6 Å². The first kappa shape index (κ1) is 25.8. The van der Waals surface area contributed by atoms with Crippen molar-refractivity contribution in [2.45, 2.75) is 38.2 Å². The van der Waals surface area contributed by atoms with Gasteiger partial charge in [-0.25, -0.2) is 9.97 Å². The predicted octanol–water partition coefficient (Wildman–Crippen LogP) is 3.57. The van der Waals surface area contributed by atoms with E-state index in [-0.39, 0.29) is 35.3 Å². The Labute approximate surface area is 215 Å². The van der Waals surface area contributed by atoms with Gasteiger partial charge in [0.05, 0.1) is 40.7 Å². The lowest BCUT2D eigenvalue weighted by atomic mass is 10.1. The van der Waals surface area contributed by atoms with E-state index in [1.165, 1.54) is 13.1 Å². The number of hydrogen-bond donors (Lipinski definition) is 4. The van der Waals surface area contributed by atoms with Gasteiger partial charge in [-0.2, -0.15) is 0 Å². The van der Waals surface area contributed by atoms with Crippen molar-refractivity contribution in [2.24, 2.45) is 4.99 Å². The molecule has 4 rings (SSSR count). The second-order valence-electron chi connectivity index (χ2n) is 9.36. The van der Waals surface area contributed by atoms with E-state index in [2.05, 4.69) is 30.9 Å². The molecule has 37 heavy (non-hydrogen) atoms. The molecule has 1 aromatic heterocycles. The highest BCUT2D eigenvalue weighted by atomic mass is 16.5. The van der Waals surface area contributed by atoms with Gasteiger partial charge in [0.25, 0.3) is 11.8 Å². The van der Waals surface area contributed by atoms with Gasteiger partial charge in [-0.1, -0.05) is 12.2 Å². The third kappa shape index (κ3) is 7.11. The number of aliphatic imine (C=N–C) groups is 1. The van der Waals surface area contributed by atoms with E-state index in [1.807, 2.05) is 12.2 Å². The second kappa shape index (κ2) is 11.2. The SMILES string of the molecule is CNC(=O)c1cc(OCC(C)(C)O)ccc1NC(=O)c1nc(C2CC2)cnc1NC1=C/C=C/C=C/N=C1. The quantitative estimate of drug-likeness (QED) is 0.411. The lowest BCUT2D eigenvalue weighted by molar-refractivity contribution is 0.0285. The summed E-state index contributed by atoms with van der Waals surface area (Å²) in [6, 6.07) is 4.71. The van der Waals surface area contributed by atoms with Crippen molar-refractivity contribution in [3.8, 4) is 5.75 Å². The molecule has 2 aromatic rings. The highest BCUT2D eigenvalue weighted by molar-refractivity contribution is 6.10. The van der Waals surface area contributed by atoms with Gasteiger partial charge in [-0.05, 0) is 57.0 Å². The van der Waals surface area contributed by atoms with Crippen molar-refractivity contribution in [1.82, 2.24) is 15.3 Å². The third-order valence-corrected chi connectivity index (χ3v) is 5.45. The van der Waals surface area contributed by atoms with Gasteiger partial charge in [0.2, 0.25) is 0 Å². The maximum absolute atomic E-state index is 13.5. The van der Waals surface area contributed by atoms with Crippen molar-refractivity contribution >= 4 is 29.5 Å². The van der Waals surface area contributed by atoms with Crippen LogP contribution in [-0.4, -0.2) is 52.4 Å². The summed E-state index contributed by atoms with van der Waals surface area (Å²) in [7, 11) is 1.50. The van der Waals surface area contributed by atoms with Crippen molar-refractivity contribution in [1.29, 1.82) is 0 Å². The van der Waals surface area contributed by atoms with E-state index in [0.29, 0.717) is 11.4 Å². The fourth-order valence-electron chi connectivity index (χ4n) is 3.41. The first-order valence-corrected chi connectivity index (χ1v) is 12.0. The maximum atomic E-state index is 13.5. The number of aromatic nitrogens is 2. The highest BCUT2D eigenvalue weighted by Crippen LogP contribution is 2.39. The van der Waals surface area contributed by atoms with Crippen molar-refractivity contribution in [3.63, 3.8) is 0 Å². The summed E-state index contributed by atoms with van der Waals surface area (Å²) < 4.78 is 5.62. The Balaban J connectivity index is 1.63. The maximum Gasteiger partial charge on any atom is 0.278 e. The Kier molecular flexibility index (Phi) is 7.78. The molecule has 1 aliphatic heterocycles. The summed E-state index contributed by atoms with van der Waals surface area (Å²) in [5, 5.41) is 18.4. The average molecular weight is 503 g/mol. The standard InChI is InChI=1S/C27H30N6O4/c1-27(2,36)16-37-19-10-11-21(20(13-19)25(34)28-3)33-26(35)23-24(30-15-22(32-23)17-8-9-17)31-18-7-5-4-6-12-29-14-18/h4-7,10-15,17,36H,8-9,16H2,1-3H3,(H,28,34)(H,30,31)(H,33,35)/b5-4+,6-4?,7-5?,12-6+,18-7?,18-14?,29-12?,29-14?. The summed E-state index contributed by atoms with van der Waals surface area (Å²) in [5.74, 6) is 0.0119. The van der Waals surface area contributed by atoms with Crippen LogP contribution in [0, 0.1) is 0 Å². The molecule has 0 unspecified atom stereocenters. The number of hydrogen-bond acceptors (Lipinski definition) is 8. The number of allylic oxidation sites excluding steroid dienone is 5. The first-order chi connectivity index (χ1) is 17.7. The number of benzene rings is 1. The van der Waals surface area contributed by atoms with E-state index in [0.717, 1.165) is 18.5 Å². The predicted molar refractivity (Wildman–Crippen MR) is 142 cm³/mol. The Morgan fingerprint density at radius 1 is 1.16 bits per heavy atom. The number of amides is 2. The highest BCUT2D eigenvalue weighted by Gasteiger charge is 2.28. The molecule has 0 spiro atoms. The van der Waals surface area contributed by atoms with Crippen LogP contribution in [0.3, 0.4) is 0 Å². The number of aliphatic hydroxyl groups is 1. The summed E-state index contributed by atoms with van der Waals surface area (Å²) >= 11 is 0. The normalized spacial score (nSPS) is 16.6. The van der Waals surface area contributed by atoms with Crippen LogP contribution in [-0.2, 0) is 0 Å². The molecular weight excluding hydrogens is 472 g/mol. The van der Waals surface area contributed by atoms with E-state index in [4.69, 9.17) is 4.74 Å². The number of carbonyl (C=O) groups excluding carboxylic acids is 2. The van der Waals surface area contributed by atoms with Crippen molar-refractivity contribution in [3.05, 3.63) is 77.5 Å². The van der Waals surface area contributed by atoms with Gasteiger partial charge < -0.3 is 25.8 Å². The number of nitrogens with zero attached hydrogens (tertiary/aromatic N) is 3. The lowest BCUT2D eigenvalue weighted by Crippen LogP contribution is -2.28. The van der Waals surface area contributed by atoms with E-state index in [9.17, 15) is 14.7 Å². The number of carbonyl (C=O) groups is 2. The molecular formula is C27H30N6O4. The fourth-order valence-corrected chi connectivity index (χ4v) is 3.41. The zero-order valence-corrected chi connectivity index (χ0v) is 21.0. The topological polar surface area (TPSA) is 138 Å². The van der Waals surface area contributed by atoms with E-state index >= 15 is 0 Å². The number of nitrogens with one attached hydrogen (secondary N) is 3. The number of anilines is 2. The summed E-state index contributed by atoms with van der Waals surface area (Å²) in [6.07, 6.45) is 14.2. The van der Waals surface area contributed by atoms with Crippen molar-refractivity contribution < 1.29 is 19.4 Å². The van der Waals surface area contributed by atoms with Gasteiger partial charge in [0.15, 0.2) is 11.5 Å². The summed E-state index contributed by atoms with van der Waals surface area (Å²) in [6.45, 7) is 3.28. The monoisotopic (exact) mass is 502 g/mol. The third-order valence-electron chi connectivity index (χ3n) is 5.45. The van der Waals surface area contributed by atoms with Gasteiger partial charge in [0, 0.05) is 19.2 Å². The smallest absolute Gasteiger partial charge is 0.278 e. The largest absolute Gasteiger partial charge is 0.491 e. The molecule has 0 saturated heterocycles. The molecule has 2 heterocycles. The summed E-state index contributed by atoms with van der Waals surface area (Å²) in [5.41, 5.74) is 0.923.